The molecule has 0 fully saturated rings. The fourth-order valence-electron chi connectivity index (χ4n) is 3.88. The Morgan fingerprint density at radius 1 is 0.545 bits per heavy atom. The lowest BCUT2D eigenvalue weighted by molar-refractivity contribution is 0.669. The summed E-state index contributed by atoms with van der Waals surface area (Å²) in [7, 11) is 0. The number of aromatic nitrogens is 3. The van der Waals surface area contributed by atoms with Crippen LogP contribution in [0.4, 0.5) is 0 Å². The van der Waals surface area contributed by atoms with Crippen LogP contribution in [0, 0.1) is 0 Å². The molecule has 0 unspecified atom stereocenters. The second kappa shape index (κ2) is 8.00. The summed E-state index contributed by atoms with van der Waals surface area (Å²) in [6.45, 7) is 0. The highest BCUT2D eigenvalue weighted by atomic mass is 35.5. The molecule has 0 N–H and O–H groups in total. The predicted molar refractivity (Wildman–Crippen MR) is 133 cm³/mol. The molecule has 6 aromatic rings. The Morgan fingerprint density at radius 2 is 1.12 bits per heavy atom. The summed E-state index contributed by atoms with van der Waals surface area (Å²) < 4.78 is 5.97. The molecule has 6 rings (SSSR count). The average molecular weight is 468 g/mol. The Kier molecular flexibility index (Phi) is 4.83. The molecule has 2 heterocycles. The fraction of sp³-hybridized carbons (Fsp3) is 0. The van der Waals surface area contributed by atoms with E-state index in [0.717, 1.165) is 33.0 Å². The molecule has 4 aromatic carbocycles. The zero-order chi connectivity index (χ0) is 22.4. The molecule has 0 saturated heterocycles. The molecule has 0 spiro atoms. The summed E-state index contributed by atoms with van der Waals surface area (Å²) in [4.78, 5) is 14.4. The van der Waals surface area contributed by atoms with Crippen molar-refractivity contribution in [2.45, 2.75) is 0 Å². The molecule has 6 heteroatoms. The number of halogens is 2. The monoisotopic (exact) mass is 467 g/mol. The first-order valence-electron chi connectivity index (χ1n) is 10.3. The average Bonchev–Trinajstić information content (AvgIpc) is 3.23. The van der Waals surface area contributed by atoms with Gasteiger partial charge in [-0.05, 0) is 30.3 Å². The summed E-state index contributed by atoms with van der Waals surface area (Å²) in [6.07, 6.45) is 0. The van der Waals surface area contributed by atoms with Crippen LogP contribution >= 0.6 is 23.2 Å². The lowest BCUT2D eigenvalue weighted by atomic mass is 10.1. The predicted octanol–water partition coefficient (Wildman–Crippen LogP) is 8.08. The normalized spacial score (nSPS) is 11.3. The van der Waals surface area contributed by atoms with Gasteiger partial charge >= 0.3 is 0 Å². The third kappa shape index (κ3) is 3.63. The first-order valence-corrected chi connectivity index (χ1v) is 11.1. The van der Waals surface area contributed by atoms with Gasteiger partial charge in [0.2, 0.25) is 0 Å². The van der Waals surface area contributed by atoms with E-state index in [-0.39, 0.29) is 0 Å². The number of rotatable bonds is 3. The maximum absolute atomic E-state index is 6.36. The van der Waals surface area contributed by atoms with Gasteiger partial charge in [-0.3, -0.25) is 0 Å². The van der Waals surface area contributed by atoms with E-state index in [0.29, 0.717) is 33.1 Å². The van der Waals surface area contributed by atoms with Crippen LogP contribution in [-0.2, 0) is 0 Å². The third-order valence-electron chi connectivity index (χ3n) is 5.45. The van der Waals surface area contributed by atoms with Crippen molar-refractivity contribution >= 4 is 45.1 Å². The lowest BCUT2D eigenvalue weighted by Crippen LogP contribution is -2.00. The highest BCUT2D eigenvalue weighted by Crippen LogP contribution is 2.37. The molecule has 0 saturated carbocycles. The second-order valence-electron chi connectivity index (χ2n) is 7.62. The molecule has 0 aliphatic carbocycles. The van der Waals surface area contributed by atoms with Crippen LogP contribution in [-0.4, -0.2) is 15.0 Å². The van der Waals surface area contributed by atoms with Gasteiger partial charge in [0.1, 0.15) is 5.58 Å². The van der Waals surface area contributed by atoms with Gasteiger partial charge in [-0.1, -0.05) is 83.9 Å². The van der Waals surface area contributed by atoms with Gasteiger partial charge in [0, 0.05) is 32.5 Å². The van der Waals surface area contributed by atoms with E-state index in [1.807, 2.05) is 84.9 Å². The quantitative estimate of drug-likeness (QED) is 0.264. The zero-order valence-corrected chi connectivity index (χ0v) is 18.7. The number of furan rings is 1. The molecule has 0 radical (unpaired) electrons. The topological polar surface area (TPSA) is 51.8 Å². The number of benzene rings is 4. The van der Waals surface area contributed by atoms with Crippen molar-refractivity contribution in [1.82, 2.24) is 15.0 Å². The Hall–Kier alpha value is -3.73. The molecule has 33 heavy (non-hydrogen) atoms. The number of fused-ring (bicyclic) bond motifs is 3. The maximum Gasteiger partial charge on any atom is 0.164 e. The van der Waals surface area contributed by atoms with Crippen LogP contribution in [0.1, 0.15) is 0 Å². The standard InChI is InChI=1S/C27H15Cl2N3O/c28-19-14-21-20-13-18(11-12-23(20)33-24(21)22(29)15-19)27-31-25(16-7-3-1-4-8-16)30-26(32-27)17-9-5-2-6-10-17/h1-15H. The van der Waals surface area contributed by atoms with E-state index in [2.05, 4.69) is 0 Å². The van der Waals surface area contributed by atoms with Crippen LogP contribution in [0.2, 0.25) is 10.0 Å². The number of hydrogen-bond acceptors (Lipinski definition) is 4. The van der Waals surface area contributed by atoms with Crippen molar-refractivity contribution < 1.29 is 4.42 Å². The molecular formula is C27H15Cl2N3O. The van der Waals surface area contributed by atoms with E-state index in [1.54, 1.807) is 6.07 Å². The van der Waals surface area contributed by atoms with Gasteiger partial charge in [-0.15, -0.1) is 0 Å². The molecule has 4 nitrogen and oxygen atoms in total. The summed E-state index contributed by atoms with van der Waals surface area (Å²) in [5.41, 5.74) is 4.02. The van der Waals surface area contributed by atoms with E-state index in [1.165, 1.54) is 0 Å². The molecule has 158 valence electrons. The summed E-state index contributed by atoms with van der Waals surface area (Å²) in [6, 6.07) is 29.2. The van der Waals surface area contributed by atoms with Gasteiger partial charge in [-0.2, -0.15) is 0 Å². The third-order valence-corrected chi connectivity index (χ3v) is 5.95. The Bertz CT molecular complexity index is 1570. The van der Waals surface area contributed by atoms with Gasteiger partial charge in [0.15, 0.2) is 23.1 Å². The Morgan fingerprint density at radius 3 is 1.73 bits per heavy atom. The van der Waals surface area contributed by atoms with Crippen LogP contribution in [0.25, 0.3) is 56.1 Å². The minimum absolute atomic E-state index is 0.480. The van der Waals surface area contributed by atoms with Gasteiger partial charge in [0.25, 0.3) is 0 Å². The first-order chi connectivity index (χ1) is 16.2. The van der Waals surface area contributed by atoms with Crippen LogP contribution in [0.3, 0.4) is 0 Å². The fourth-order valence-corrected chi connectivity index (χ4v) is 4.41. The largest absolute Gasteiger partial charge is 0.454 e. The summed E-state index contributed by atoms with van der Waals surface area (Å²) in [5.74, 6) is 1.80. The summed E-state index contributed by atoms with van der Waals surface area (Å²) >= 11 is 12.6. The van der Waals surface area contributed by atoms with Crippen molar-refractivity contribution in [3.63, 3.8) is 0 Å². The molecule has 0 atom stereocenters. The molecular weight excluding hydrogens is 453 g/mol. The van der Waals surface area contributed by atoms with E-state index in [4.69, 9.17) is 42.6 Å². The Labute approximate surface area is 199 Å². The minimum Gasteiger partial charge on any atom is -0.454 e. The summed E-state index contributed by atoms with van der Waals surface area (Å²) in [5, 5.41) is 2.78. The molecule has 2 aromatic heterocycles. The smallest absolute Gasteiger partial charge is 0.164 e. The highest BCUT2D eigenvalue weighted by molar-refractivity contribution is 6.39. The Balaban J connectivity index is 1.58. The van der Waals surface area contributed by atoms with Crippen molar-refractivity contribution in [2.75, 3.05) is 0 Å². The lowest BCUT2D eigenvalue weighted by Gasteiger charge is -2.08. The van der Waals surface area contributed by atoms with Crippen LogP contribution < -0.4 is 0 Å². The van der Waals surface area contributed by atoms with E-state index >= 15 is 0 Å². The van der Waals surface area contributed by atoms with Crippen molar-refractivity contribution in [1.29, 1.82) is 0 Å². The maximum atomic E-state index is 6.36. The number of nitrogens with zero attached hydrogens (tertiary/aromatic N) is 3. The minimum atomic E-state index is 0.480. The van der Waals surface area contributed by atoms with Crippen LogP contribution in [0.15, 0.2) is 95.4 Å². The van der Waals surface area contributed by atoms with Gasteiger partial charge < -0.3 is 4.42 Å². The van der Waals surface area contributed by atoms with Crippen molar-refractivity contribution in [3.05, 3.63) is 101 Å². The van der Waals surface area contributed by atoms with Gasteiger partial charge in [-0.25, -0.2) is 15.0 Å². The van der Waals surface area contributed by atoms with Crippen LogP contribution in [0.5, 0.6) is 0 Å². The second-order valence-corrected chi connectivity index (χ2v) is 8.46. The number of hydrogen-bond donors (Lipinski definition) is 0. The molecule has 0 aliphatic heterocycles. The molecule has 0 bridgehead atoms. The van der Waals surface area contributed by atoms with E-state index in [9.17, 15) is 0 Å². The zero-order valence-electron chi connectivity index (χ0n) is 17.2. The highest BCUT2D eigenvalue weighted by Gasteiger charge is 2.16. The van der Waals surface area contributed by atoms with Gasteiger partial charge in [0.05, 0.1) is 5.02 Å². The molecule has 0 amide bonds. The van der Waals surface area contributed by atoms with E-state index < -0.39 is 0 Å². The molecule has 0 aliphatic rings. The van der Waals surface area contributed by atoms with Crippen molar-refractivity contribution in [3.8, 4) is 34.2 Å². The first kappa shape index (κ1) is 19.9. The SMILES string of the molecule is Clc1cc(Cl)c2oc3ccc(-c4nc(-c5ccccc5)nc(-c5ccccc5)n4)cc3c2c1. The van der Waals surface area contributed by atoms with Crippen molar-refractivity contribution in [2.24, 2.45) is 0 Å².